The van der Waals surface area contributed by atoms with Crippen molar-refractivity contribution < 1.29 is 28.2 Å². The van der Waals surface area contributed by atoms with E-state index >= 15 is 0 Å². The van der Waals surface area contributed by atoms with E-state index in [2.05, 4.69) is 19.1 Å². The van der Waals surface area contributed by atoms with Crippen LogP contribution in [0.3, 0.4) is 0 Å². The van der Waals surface area contributed by atoms with Crippen LogP contribution in [0.5, 0.6) is 11.5 Å². The van der Waals surface area contributed by atoms with E-state index in [1.807, 2.05) is 45.9 Å². The lowest BCUT2D eigenvalue weighted by molar-refractivity contribution is -0.145. The quantitative estimate of drug-likeness (QED) is 0.194. The molecule has 40 heavy (non-hydrogen) atoms. The first-order valence-electron chi connectivity index (χ1n) is 14.2. The summed E-state index contributed by atoms with van der Waals surface area (Å²) in [7, 11) is 0. The molecule has 0 spiro atoms. The lowest BCUT2D eigenvalue weighted by Gasteiger charge is -2.17. The van der Waals surface area contributed by atoms with Crippen molar-refractivity contribution >= 4 is 12.3 Å². The van der Waals surface area contributed by atoms with Crippen molar-refractivity contribution in [3.05, 3.63) is 81.7 Å². The van der Waals surface area contributed by atoms with Crippen molar-refractivity contribution in [2.24, 2.45) is 17.8 Å². The predicted octanol–water partition coefficient (Wildman–Crippen LogP) is 6.91. The molecule has 5 nitrogen and oxygen atoms in total. The SMILES string of the molecule is CCOC(=O)C1C2Cc3cc(OCc4cc(-c5c(C)cc(OCC(C)C=O)cc5C)ccc4F)c(CC)cc3C21. The van der Waals surface area contributed by atoms with Gasteiger partial charge in [-0.1, -0.05) is 26.0 Å². The molecule has 4 atom stereocenters. The van der Waals surface area contributed by atoms with Crippen LogP contribution in [0.25, 0.3) is 11.1 Å². The van der Waals surface area contributed by atoms with Gasteiger partial charge >= 0.3 is 5.97 Å². The van der Waals surface area contributed by atoms with Crippen LogP contribution in [0, 0.1) is 37.4 Å². The summed E-state index contributed by atoms with van der Waals surface area (Å²) in [4.78, 5) is 23.2. The van der Waals surface area contributed by atoms with E-state index in [9.17, 15) is 14.0 Å². The van der Waals surface area contributed by atoms with Crippen molar-refractivity contribution in [2.75, 3.05) is 13.2 Å². The van der Waals surface area contributed by atoms with Gasteiger partial charge in [0.2, 0.25) is 0 Å². The van der Waals surface area contributed by atoms with Gasteiger partial charge in [0.05, 0.1) is 19.1 Å². The Labute approximate surface area is 235 Å². The van der Waals surface area contributed by atoms with Crippen molar-refractivity contribution in [1.82, 2.24) is 0 Å². The van der Waals surface area contributed by atoms with Crippen molar-refractivity contribution in [3.63, 3.8) is 0 Å². The second-order valence-electron chi connectivity index (χ2n) is 11.1. The summed E-state index contributed by atoms with van der Waals surface area (Å²) in [5.74, 6) is 1.47. The first-order chi connectivity index (χ1) is 19.2. The minimum atomic E-state index is -0.306. The zero-order chi connectivity index (χ0) is 28.6. The van der Waals surface area contributed by atoms with Gasteiger partial charge in [-0.15, -0.1) is 0 Å². The van der Waals surface area contributed by atoms with Gasteiger partial charge in [-0.3, -0.25) is 4.79 Å². The van der Waals surface area contributed by atoms with Crippen LogP contribution in [0.15, 0.2) is 42.5 Å². The molecule has 210 valence electrons. The molecule has 0 bridgehead atoms. The molecule has 3 aromatic rings. The van der Waals surface area contributed by atoms with Crippen molar-refractivity contribution in [3.8, 4) is 22.6 Å². The lowest BCUT2D eigenvalue weighted by Crippen LogP contribution is -2.11. The number of hydrogen-bond donors (Lipinski definition) is 0. The third-order valence-corrected chi connectivity index (χ3v) is 8.21. The lowest BCUT2D eigenvalue weighted by atomic mass is 9.94. The minimum Gasteiger partial charge on any atom is -0.493 e. The molecule has 3 aromatic carbocycles. The largest absolute Gasteiger partial charge is 0.493 e. The molecule has 4 unspecified atom stereocenters. The number of benzene rings is 3. The first-order valence-corrected chi connectivity index (χ1v) is 14.2. The molecule has 1 fully saturated rings. The fourth-order valence-corrected chi connectivity index (χ4v) is 6.18. The molecule has 0 aromatic heterocycles. The van der Waals surface area contributed by atoms with E-state index in [1.165, 1.54) is 17.2 Å². The molecule has 0 aliphatic heterocycles. The average molecular weight is 545 g/mol. The van der Waals surface area contributed by atoms with Crippen LogP contribution in [0.1, 0.15) is 60.1 Å². The van der Waals surface area contributed by atoms with Gasteiger partial charge in [0.15, 0.2) is 0 Å². The normalized spacial score (nSPS) is 19.4. The molecule has 2 aliphatic rings. The van der Waals surface area contributed by atoms with E-state index in [1.54, 1.807) is 6.07 Å². The molecule has 0 radical (unpaired) electrons. The Morgan fingerprint density at radius 2 is 1.80 bits per heavy atom. The summed E-state index contributed by atoms with van der Waals surface area (Å²) < 4.78 is 32.2. The Balaban J connectivity index is 1.33. The van der Waals surface area contributed by atoms with Crippen LogP contribution in [-0.2, 0) is 33.8 Å². The van der Waals surface area contributed by atoms with Crippen molar-refractivity contribution in [2.45, 2.75) is 60.0 Å². The third kappa shape index (κ3) is 5.36. The van der Waals surface area contributed by atoms with E-state index in [-0.39, 0.29) is 36.1 Å². The fraction of sp³-hybridized carbons (Fsp3) is 0.412. The maximum Gasteiger partial charge on any atom is 0.309 e. The smallest absolute Gasteiger partial charge is 0.309 e. The molecule has 0 saturated heterocycles. The molecule has 5 rings (SSSR count). The molecule has 2 aliphatic carbocycles. The standard InChI is InChI=1S/C34H37FO5/c1-6-22-13-27-24(14-28-32(27)33(28)34(37)38-7-2)15-30(22)40-18-25-12-23(8-9-29(25)35)31-20(4)10-26(11-21(31)5)39-17-19(3)16-36/h8-13,15-16,19,28,32-33H,6-7,14,17-18H2,1-5H3. The monoisotopic (exact) mass is 544 g/mol. The summed E-state index contributed by atoms with van der Waals surface area (Å²) in [6, 6.07) is 13.3. The minimum absolute atomic E-state index is 0.0202. The summed E-state index contributed by atoms with van der Waals surface area (Å²) >= 11 is 0. The number of halogens is 1. The van der Waals surface area contributed by atoms with Crippen molar-refractivity contribution in [1.29, 1.82) is 0 Å². The third-order valence-electron chi connectivity index (χ3n) is 8.21. The van der Waals surface area contributed by atoms with Gasteiger partial charge < -0.3 is 19.0 Å². The number of aldehydes is 1. The highest BCUT2D eigenvalue weighted by molar-refractivity contribution is 5.80. The number of carbonyl (C=O) groups excluding carboxylic acids is 2. The molecular weight excluding hydrogens is 507 g/mol. The highest BCUT2D eigenvalue weighted by Gasteiger charge is 2.60. The second-order valence-corrected chi connectivity index (χ2v) is 11.1. The van der Waals surface area contributed by atoms with Crippen LogP contribution in [0.2, 0.25) is 0 Å². The topological polar surface area (TPSA) is 61.8 Å². The van der Waals surface area contributed by atoms with Crippen LogP contribution in [-0.4, -0.2) is 25.5 Å². The number of hydrogen-bond acceptors (Lipinski definition) is 5. The van der Waals surface area contributed by atoms with E-state index in [4.69, 9.17) is 14.2 Å². The van der Waals surface area contributed by atoms with Crippen LogP contribution >= 0.6 is 0 Å². The van der Waals surface area contributed by atoms with E-state index in [0.717, 1.165) is 52.7 Å². The number of rotatable bonds is 11. The highest BCUT2D eigenvalue weighted by Crippen LogP contribution is 2.62. The maximum atomic E-state index is 14.9. The summed E-state index contributed by atoms with van der Waals surface area (Å²) in [6.07, 6.45) is 2.51. The fourth-order valence-electron chi connectivity index (χ4n) is 6.18. The zero-order valence-corrected chi connectivity index (χ0v) is 23.9. The Bertz CT molecular complexity index is 1420. The average Bonchev–Trinajstić information content (AvgIpc) is 3.53. The maximum absolute atomic E-state index is 14.9. The molecule has 0 N–H and O–H groups in total. The predicted molar refractivity (Wildman–Crippen MR) is 152 cm³/mol. The molecule has 6 heteroatoms. The van der Waals surface area contributed by atoms with Gasteiger partial charge in [0, 0.05) is 17.4 Å². The number of aryl methyl sites for hydroxylation is 3. The van der Waals surface area contributed by atoms with Crippen LogP contribution < -0.4 is 9.47 Å². The van der Waals surface area contributed by atoms with E-state index < -0.39 is 0 Å². The van der Waals surface area contributed by atoms with Gasteiger partial charge in [-0.05, 0) is 109 Å². The molecule has 1 saturated carbocycles. The van der Waals surface area contributed by atoms with Gasteiger partial charge in [0.25, 0.3) is 0 Å². The Hall–Kier alpha value is -3.67. The number of ether oxygens (including phenoxy) is 3. The number of fused-ring (bicyclic) bond motifs is 3. The van der Waals surface area contributed by atoms with Gasteiger partial charge in [-0.2, -0.15) is 0 Å². The number of carbonyl (C=O) groups is 2. The zero-order valence-electron chi connectivity index (χ0n) is 23.9. The highest BCUT2D eigenvalue weighted by atomic mass is 19.1. The molecule has 0 amide bonds. The molecular formula is C34H37FO5. The van der Waals surface area contributed by atoms with Crippen LogP contribution in [0.4, 0.5) is 4.39 Å². The first kappa shape index (κ1) is 27.9. The summed E-state index contributed by atoms with van der Waals surface area (Å²) in [5.41, 5.74) is 7.97. The Morgan fingerprint density at radius 1 is 1.05 bits per heavy atom. The Kier molecular flexibility index (Phi) is 7.97. The van der Waals surface area contributed by atoms with Gasteiger partial charge in [0.1, 0.15) is 30.2 Å². The Morgan fingerprint density at radius 3 is 2.48 bits per heavy atom. The number of esters is 1. The van der Waals surface area contributed by atoms with Gasteiger partial charge in [-0.25, -0.2) is 4.39 Å². The summed E-state index contributed by atoms with van der Waals surface area (Å²) in [5, 5.41) is 0. The second kappa shape index (κ2) is 11.4. The van der Waals surface area contributed by atoms with E-state index in [0.29, 0.717) is 30.4 Å². The summed E-state index contributed by atoms with van der Waals surface area (Å²) in [6.45, 7) is 10.6. The molecule has 0 heterocycles.